The number of nitrogens with two attached hydrogens (primary N) is 1. The van der Waals surface area contributed by atoms with Gasteiger partial charge in [0.15, 0.2) is 0 Å². The number of rotatable bonds is 12. The van der Waals surface area contributed by atoms with Crippen molar-refractivity contribution in [2.75, 3.05) is 39.3 Å². The van der Waals surface area contributed by atoms with Crippen LogP contribution in [0.25, 0.3) is 43.1 Å². The summed E-state index contributed by atoms with van der Waals surface area (Å²) in [4.78, 5) is 29.5. The molecule has 216 valence electrons. The molecule has 42 heavy (non-hydrogen) atoms. The molecule has 0 radical (unpaired) electrons. The van der Waals surface area contributed by atoms with Crippen LogP contribution < -0.4 is 16.4 Å². The first-order valence-electron chi connectivity index (χ1n) is 15.3. The first kappa shape index (κ1) is 28.3. The predicted molar refractivity (Wildman–Crippen MR) is 175 cm³/mol. The fourth-order valence-electron chi connectivity index (χ4n) is 6.68. The van der Waals surface area contributed by atoms with E-state index in [-0.39, 0.29) is 11.8 Å². The fraction of sp³-hybridized carbons (Fsp3) is 0.333. The van der Waals surface area contributed by atoms with Crippen LogP contribution in [-0.2, 0) is 0 Å². The Morgan fingerprint density at radius 2 is 1.07 bits per heavy atom. The smallest absolute Gasteiger partial charge is 0.262 e. The molecule has 5 aromatic carbocycles. The predicted octanol–water partition coefficient (Wildman–Crippen LogP) is 6.21. The standard InChI is InChI=1S/C36H40N4O2/c1-23-9-5-11-25-13-15-27-31(29(23)25)32-28(16-14-26-12-6-10-24(2)30(26)32)34-33(27)35(41)40(36(34)42)22-8-21-39-19-4-3-18-38-20-7-17-37/h5-6,9-16,38-39H,3-4,7-8,17-22,37H2,1-2H3. The Morgan fingerprint density at radius 3 is 1.57 bits per heavy atom. The molecule has 1 aliphatic rings. The fourth-order valence-corrected chi connectivity index (χ4v) is 6.68. The van der Waals surface area contributed by atoms with E-state index in [9.17, 15) is 9.59 Å². The summed E-state index contributed by atoms with van der Waals surface area (Å²) >= 11 is 0. The van der Waals surface area contributed by atoms with Crippen molar-refractivity contribution in [2.45, 2.75) is 39.5 Å². The molecule has 0 aromatic heterocycles. The highest BCUT2D eigenvalue weighted by Crippen LogP contribution is 2.44. The molecule has 6 nitrogen and oxygen atoms in total. The van der Waals surface area contributed by atoms with E-state index in [1.165, 1.54) is 4.90 Å². The van der Waals surface area contributed by atoms with Crippen LogP contribution in [0.15, 0.2) is 60.7 Å². The number of amides is 2. The summed E-state index contributed by atoms with van der Waals surface area (Å²) in [5.41, 5.74) is 8.96. The molecule has 0 fully saturated rings. The summed E-state index contributed by atoms with van der Waals surface area (Å²) in [5.74, 6) is -0.355. The molecular weight excluding hydrogens is 520 g/mol. The second-order valence-corrected chi connectivity index (χ2v) is 11.5. The molecule has 4 N–H and O–H groups in total. The molecule has 6 heteroatoms. The number of nitrogens with one attached hydrogen (secondary N) is 2. The number of carbonyl (C=O) groups is 2. The van der Waals surface area contributed by atoms with Gasteiger partial charge in [-0.25, -0.2) is 0 Å². The van der Waals surface area contributed by atoms with Crippen molar-refractivity contribution < 1.29 is 9.59 Å². The van der Waals surface area contributed by atoms with Gasteiger partial charge in [0.05, 0.1) is 11.1 Å². The zero-order valence-electron chi connectivity index (χ0n) is 24.7. The summed E-state index contributed by atoms with van der Waals surface area (Å²) in [7, 11) is 0. The summed E-state index contributed by atoms with van der Waals surface area (Å²) in [6.07, 6.45) is 3.92. The van der Waals surface area contributed by atoms with Gasteiger partial charge in [0.25, 0.3) is 11.8 Å². The van der Waals surface area contributed by atoms with Gasteiger partial charge in [-0.3, -0.25) is 14.5 Å². The van der Waals surface area contributed by atoms with Crippen LogP contribution >= 0.6 is 0 Å². The number of nitrogens with zero attached hydrogens (tertiary/aromatic N) is 1. The van der Waals surface area contributed by atoms with Gasteiger partial charge < -0.3 is 16.4 Å². The third-order valence-corrected chi connectivity index (χ3v) is 8.71. The first-order chi connectivity index (χ1) is 20.5. The van der Waals surface area contributed by atoms with Gasteiger partial charge in [0, 0.05) is 6.54 Å². The van der Waals surface area contributed by atoms with Gasteiger partial charge >= 0.3 is 0 Å². The first-order valence-corrected chi connectivity index (χ1v) is 15.3. The van der Waals surface area contributed by atoms with Gasteiger partial charge in [-0.05, 0) is 126 Å². The van der Waals surface area contributed by atoms with E-state index < -0.39 is 0 Å². The minimum absolute atomic E-state index is 0.178. The maximum atomic E-state index is 14.0. The lowest BCUT2D eigenvalue weighted by Crippen LogP contribution is -2.32. The average molecular weight is 561 g/mol. The van der Waals surface area contributed by atoms with Crippen LogP contribution in [0.1, 0.15) is 57.5 Å². The molecule has 0 bridgehead atoms. The highest BCUT2D eigenvalue weighted by atomic mass is 16.2. The third kappa shape index (κ3) is 4.94. The third-order valence-electron chi connectivity index (χ3n) is 8.71. The van der Waals surface area contributed by atoms with Crippen LogP contribution in [0.4, 0.5) is 0 Å². The Bertz CT molecular complexity index is 1710. The van der Waals surface area contributed by atoms with Gasteiger partial charge in [-0.2, -0.15) is 0 Å². The Labute approximate surface area is 247 Å². The lowest BCUT2D eigenvalue weighted by Gasteiger charge is -2.16. The number of benzene rings is 5. The molecule has 0 unspecified atom stereocenters. The number of carbonyl (C=O) groups excluding carboxylic acids is 2. The maximum absolute atomic E-state index is 14.0. The van der Waals surface area contributed by atoms with Crippen molar-refractivity contribution in [3.63, 3.8) is 0 Å². The largest absolute Gasteiger partial charge is 0.330 e. The number of aryl methyl sites for hydroxylation is 2. The van der Waals surface area contributed by atoms with Gasteiger partial charge in [0.1, 0.15) is 0 Å². The van der Waals surface area contributed by atoms with E-state index in [0.717, 1.165) is 113 Å². The highest BCUT2D eigenvalue weighted by Gasteiger charge is 2.39. The second-order valence-electron chi connectivity index (χ2n) is 11.5. The van der Waals surface area contributed by atoms with E-state index in [1.807, 2.05) is 12.1 Å². The average Bonchev–Trinajstić information content (AvgIpc) is 3.24. The summed E-state index contributed by atoms with van der Waals surface area (Å²) in [5, 5.41) is 15.3. The van der Waals surface area contributed by atoms with E-state index in [0.29, 0.717) is 17.7 Å². The topological polar surface area (TPSA) is 87.5 Å². The minimum Gasteiger partial charge on any atom is -0.330 e. The lowest BCUT2D eigenvalue weighted by atomic mass is 9.85. The molecule has 1 heterocycles. The van der Waals surface area contributed by atoms with Crippen LogP contribution in [-0.4, -0.2) is 56.0 Å². The Morgan fingerprint density at radius 1 is 0.595 bits per heavy atom. The van der Waals surface area contributed by atoms with Crippen molar-refractivity contribution >= 4 is 54.9 Å². The number of fused-ring (bicyclic) bond motifs is 10. The zero-order chi connectivity index (χ0) is 29.2. The molecule has 6 rings (SSSR count). The van der Waals surface area contributed by atoms with Gasteiger partial charge in [-0.1, -0.05) is 60.7 Å². The van der Waals surface area contributed by atoms with Crippen molar-refractivity contribution in [3.8, 4) is 0 Å². The molecule has 5 aromatic rings. The van der Waals surface area contributed by atoms with Crippen molar-refractivity contribution in [3.05, 3.63) is 82.9 Å². The molecule has 1 aliphatic heterocycles. The van der Waals surface area contributed by atoms with Gasteiger partial charge in [-0.15, -0.1) is 0 Å². The summed E-state index contributed by atoms with van der Waals surface area (Å²) in [6, 6.07) is 20.9. The summed E-state index contributed by atoms with van der Waals surface area (Å²) in [6.45, 7) is 9.05. The van der Waals surface area contributed by atoms with Crippen LogP contribution in [0.5, 0.6) is 0 Å². The maximum Gasteiger partial charge on any atom is 0.262 e. The van der Waals surface area contributed by atoms with Crippen LogP contribution in [0.2, 0.25) is 0 Å². The summed E-state index contributed by atoms with van der Waals surface area (Å²) < 4.78 is 0. The number of hydrogen-bond donors (Lipinski definition) is 3. The van der Waals surface area contributed by atoms with Crippen LogP contribution in [0, 0.1) is 13.8 Å². The molecule has 0 aliphatic carbocycles. The van der Waals surface area contributed by atoms with Crippen molar-refractivity contribution in [2.24, 2.45) is 5.73 Å². The Kier molecular flexibility index (Phi) is 8.20. The van der Waals surface area contributed by atoms with E-state index in [2.05, 4.69) is 73.0 Å². The van der Waals surface area contributed by atoms with Crippen molar-refractivity contribution in [1.29, 1.82) is 0 Å². The molecule has 0 spiro atoms. The lowest BCUT2D eigenvalue weighted by molar-refractivity contribution is 0.0654. The molecule has 0 saturated carbocycles. The Balaban J connectivity index is 1.33. The molecule has 0 saturated heterocycles. The van der Waals surface area contributed by atoms with E-state index >= 15 is 0 Å². The quantitative estimate of drug-likeness (QED) is 0.0959. The zero-order valence-corrected chi connectivity index (χ0v) is 24.7. The van der Waals surface area contributed by atoms with Gasteiger partial charge in [0.2, 0.25) is 0 Å². The number of imide groups is 1. The molecular formula is C36H40N4O2. The normalized spacial score (nSPS) is 13.4. The highest BCUT2D eigenvalue weighted by molar-refractivity contribution is 6.39. The van der Waals surface area contributed by atoms with E-state index in [1.54, 1.807) is 0 Å². The molecule has 0 atom stereocenters. The monoisotopic (exact) mass is 560 g/mol. The number of unbranched alkanes of at least 4 members (excludes halogenated alkanes) is 1. The molecule has 2 amide bonds. The SMILES string of the molecule is Cc1cccc2ccc3c4c(c5ccc6cccc(C)c6c5c3c12)C(=O)N(CCCNCCCCNCCCN)C4=O. The minimum atomic E-state index is -0.178. The van der Waals surface area contributed by atoms with Crippen molar-refractivity contribution in [1.82, 2.24) is 15.5 Å². The van der Waals surface area contributed by atoms with E-state index in [4.69, 9.17) is 5.73 Å². The number of hydrogen-bond acceptors (Lipinski definition) is 5. The second kappa shape index (κ2) is 12.2. The van der Waals surface area contributed by atoms with Crippen LogP contribution in [0.3, 0.4) is 0 Å². The Hall–Kier alpha value is -3.84.